The topological polar surface area (TPSA) is 58.6 Å². The van der Waals surface area contributed by atoms with Crippen molar-refractivity contribution in [2.75, 3.05) is 0 Å². The highest BCUT2D eigenvalue weighted by Crippen LogP contribution is 2.24. The maximum absolute atomic E-state index is 10.3. The lowest BCUT2D eigenvalue weighted by Gasteiger charge is -2.23. The predicted molar refractivity (Wildman–Crippen MR) is 67.1 cm³/mol. The zero-order chi connectivity index (χ0) is 11.5. The Kier molecular flexibility index (Phi) is 4.35. The highest BCUT2D eigenvalue weighted by Gasteiger charge is 2.22. The van der Waals surface area contributed by atoms with E-state index in [9.17, 15) is 4.79 Å². The summed E-state index contributed by atoms with van der Waals surface area (Å²) in [5, 5.41) is 10.4. The molecule has 0 saturated heterocycles. The SMILES string of the molecule is CC(C)(Cc1ccsc1I)ONC(=O)O. The fraction of sp³-hybridized carbons (Fsp3) is 0.444. The normalized spacial score (nSPS) is 11.4. The van der Waals surface area contributed by atoms with Gasteiger partial charge in [-0.05, 0) is 53.4 Å². The first-order valence-corrected chi connectivity index (χ1v) is 6.25. The number of hydrogen-bond acceptors (Lipinski definition) is 3. The minimum atomic E-state index is -1.18. The van der Waals surface area contributed by atoms with Crippen LogP contribution in [0, 0.1) is 2.88 Å². The van der Waals surface area contributed by atoms with Gasteiger partial charge in [0.25, 0.3) is 0 Å². The first-order valence-electron chi connectivity index (χ1n) is 4.29. The zero-order valence-corrected chi connectivity index (χ0v) is 11.4. The molecule has 0 saturated carbocycles. The van der Waals surface area contributed by atoms with Gasteiger partial charge in [-0.25, -0.2) is 4.79 Å². The van der Waals surface area contributed by atoms with Crippen LogP contribution in [0.2, 0.25) is 0 Å². The van der Waals surface area contributed by atoms with E-state index >= 15 is 0 Å². The third-order valence-corrected chi connectivity index (χ3v) is 3.92. The zero-order valence-electron chi connectivity index (χ0n) is 8.41. The molecule has 0 atom stereocenters. The number of rotatable bonds is 4. The van der Waals surface area contributed by atoms with Crippen LogP contribution in [0.4, 0.5) is 4.79 Å². The van der Waals surface area contributed by atoms with Crippen LogP contribution in [-0.4, -0.2) is 16.8 Å². The van der Waals surface area contributed by atoms with E-state index in [1.54, 1.807) is 11.3 Å². The molecule has 1 rings (SSSR count). The Morgan fingerprint density at radius 1 is 1.73 bits per heavy atom. The van der Waals surface area contributed by atoms with Crippen LogP contribution in [0.5, 0.6) is 0 Å². The summed E-state index contributed by atoms with van der Waals surface area (Å²) < 4.78 is 1.21. The van der Waals surface area contributed by atoms with Gasteiger partial charge >= 0.3 is 6.09 Å². The van der Waals surface area contributed by atoms with Crippen LogP contribution < -0.4 is 5.48 Å². The molecule has 1 aromatic heterocycles. The van der Waals surface area contributed by atoms with Crippen LogP contribution >= 0.6 is 33.9 Å². The van der Waals surface area contributed by atoms with Crippen molar-refractivity contribution in [1.29, 1.82) is 0 Å². The van der Waals surface area contributed by atoms with Crippen molar-refractivity contribution in [3.05, 3.63) is 19.9 Å². The second-order valence-corrected chi connectivity index (χ2v) is 6.39. The molecule has 1 aromatic rings. The molecular formula is C9H12INO3S. The van der Waals surface area contributed by atoms with E-state index in [-0.39, 0.29) is 0 Å². The quantitative estimate of drug-likeness (QED) is 0.654. The van der Waals surface area contributed by atoms with Crippen LogP contribution in [0.3, 0.4) is 0 Å². The van der Waals surface area contributed by atoms with Gasteiger partial charge in [0.05, 0.1) is 8.48 Å². The lowest BCUT2D eigenvalue weighted by Crippen LogP contribution is -2.36. The summed E-state index contributed by atoms with van der Waals surface area (Å²) in [5.41, 5.74) is 2.57. The molecule has 1 heterocycles. The van der Waals surface area contributed by atoms with Gasteiger partial charge in [0.15, 0.2) is 0 Å². The Morgan fingerprint density at radius 3 is 2.87 bits per heavy atom. The Labute approximate surface area is 106 Å². The third-order valence-electron chi connectivity index (χ3n) is 1.72. The number of thiophene rings is 1. The number of hydrogen-bond donors (Lipinski definition) is 2. The van der Waals surface area contributed by atoms with Gasteiger partial charge in [-0.15, -0.1) is 11.3 Å². The second kappa shape index (κ2) is 5.13. The van der Waals surface area contributed by atoms with Gasteiger partial charge in [0.2, 0.25) is 0 Å². The van der Waals surface area contributed by atoms with E-state index in [4.69, 9.17) is 9.94 Å². The lowest BCUT2D eigenvalue weighted by molar-refractivity contribution is -0.0725. The molecule has 0 aliphatic carbocycles. The number of nitrogens with one attached hydrogen (secondary N) is 1. The van der Waals surface area contributed by atoms with Gasteiger partial charge < -0.3 is 5.11 Å². The molecule has 4 nitrogen and oxygen atoms in total. The highest BCUT2D eigenvalue weighted by molar-refractivity contribution is 14.1. The maximum atomic E-state index is 10.3. The van der Waals surface area contributed by atoms with E-state index in [1.807, 2.05) is 30.8 Å². The summed E-state index contributed by atoms with van der Waals surface area (Å²) in [4.78, 5) is 15.4. The summed E-state index contributed by atoms with van der Waals surface area (Å²) in [5.74, 6) is 0. The van der Waals surface area contributed by atoms with E-state index in [0.29, 0.717) is 6.42 Å². The van der Waals surface area contributed by atoms with Gasteiger partial charge in [0, 0.05) is 6.42 Å². The van der Waals surface area contributed by atoms with E-state index < -0.39 is 11.7 Å². The minimum Gasteiger partial charge on any atom is -0.464 e. The third kappa shape index (κ3) is 4.35. The average Bonchev–Trinajstić information content (AvgIpc) is 2.48. The smallest absolute Gasteiger partial charge is 0.428 e. The molecule has 0 unspecified atom stereocenters. The van der Waals surface area contributed by atoms with Crippen molar-refractivity contribution in [1.82, 2.24) is 5.48 Å². The van der Waals surface area contributed by atoms with Crippen LogP contribution in [0.1, 0.15) is 19.4 Å². The van der Waals surface area contributed by atoms with Crippen molar-refractivity contribution in [3.8, 4) is 0 Å². The number of carboxylic acid groups (broad SMARTS) is 1. The summed E-state index contributed by atoms with van der Waals surface area (Å²) in [6, 6.07) is 2.03. The predicted octanol–water partition coefficient (Wildman–Crippen LogP) is 2.87. The average molecular weight is 341 g/mol. The van der Waals surface area contributed by atoms with Gasteiger partial charge in [-0.1, -0.05) is 0 Å². The number of amides is 1. The van der Waals surface area contributed by atoms with E-state index in [2.05, 4.69) is 22.6 Å². The second-order valence-electron chi connectivity index (χ2n) is 3.67. The molecule has 84 valence electrons. The van der Waals surface area contributed by atoms with Crippen LogP contribution in [0.25, 0.3) is 0 Å². The molecule has 0 bridgehead atoms. The molecule has 0 radical (unpaired) electrons. The minimum absolute atomic E-state index is 0.542. The lowest BCUT2D eigenvalue weighted by atomic mass is 10.0. The molecule has 0 aliphatic heterocycles. The number of halogens is 1. The molecule has 0 fully saturated rings. The van der Waals surface area contributed by atoms with E-state index in [1.165, 1.54) is 8.45 Å². The van der Waals surface area contributed by atoms with E-state index in [0.717, 1.165) is 0 Å². The molecule has 6 heteroatoms. The van der Waals surface area contributed by atoms with Crippen molar-refractivity contribution < 1.29 is 14.7 Å². The summed E-state index contributed by atoms with van der Waals surface area (Å²) >= 11 is 3.93. The van der Waals surface area contributed by atoms with Crippen molar-refractivity contribution in [2.24, 2.45) is 0 Å². The largest absolute Gasteiger partial charge is 0.464 e. The first kappa shape index (κ1) is 12.7. The monoisotopic (exact) mass is 341 g/mol. The van der Waals surface area contributed by atoms with Crippen LogP contribution in [0.15, 0.2) is 11.4 Å². The summed E-state index contributed by atoms with van der Waals surface area (Å²) in [6.07, 6.45) is -0.502. The fourth-order valence-electron chi connectivity index (χ4n) is 1.12. The Bertz CT molecular complexity index is 351. The van der Waals surface area contributed by atoms with Crippen LogP contribution in [-0.2, 0) is 11.3 Å². The highest BCUT2D eigenvalue weighted by atomic mass is 127. The molecule has 1 amide bonds. The molecule has 0 spiro atoms. The summed E-state index contributed by atoms with van der Waals surface area (Å²) in [7, 11) is 0. The number of hydroxylamine groups is 1. The van der Waals surface area contributed by atoms with Gasteiger partial charge in [-0.3, -0.25) is 4.84 Å². The maximum Gasteiger partial charge on any atom is 0.428 e. The molecule has 2 N–H and O–H groups in total. The van der Waals surface area contributed by atoms with Gasteiger partial charge in [-0.2, -0.15) is 5.48 Å². The summed E-state index contributed by atoms with van der Waals surface area (Å²) in [6.45, 7) is 3.69. The number of carbonyl (C=O) groups is 1. The fourth-order valence-corrected chi connectivity index (χ4v) is 2.58. The first-order chi connectivity index (χ1) is 6.91. The standard InChI is InChI=1S/C9H12INO3S/c1-9(2,14-11-8(12)13)5-6-3-4-15-7(6)10/h3-4,11H,5H2,1-2H3,(H,12,13). The van der Waals surface area contributed by atoms with Gasteiger partial charge in [0.1, 0.15) is 0 Å². The molecule has 0 aliphatic rings. The Balaban J connectivity index is 2.56. The molecule has 0 aromatic carbocycles. The molecule has 15 heavy (non-hydrogen) atoms. The van der Waals surface area contributed by atoms with Crippen molar-refractivity contribution >= 4 is 40.0 Å². The van der Waals surface area contributed by atoms with Crippen molar-refractivity contribution in [2.45, 2.75) is 25.9 Å². The Hall–Kier alpha value is -0.340. The Morgan fingerprint density at radius 2 is 2.40 bits per heavy atom. The van der Waals surface area contributed by atoms with Crippen molar-refractivity contribution in [3.63, 3.8) is 0 Å². The molecular weight excluding hydrogens is 329 g/mol.